The van der Waals surface area contributed by atoms with E-state index in [1.807, 2.05) is 0 Å². The number of rotatable bonds is 4. The maximum atomic E-state index is 11.9. The Kier molecular flexibility index (Phi) is 4.42. The van der Waals surface area contributed by atoms with Crippen LogP contribution < -0.4 is 15.8 Å². The zero-order valence-electron chi connectivity index (χ0n) is 11.3. The molecule has 20 heavy (non-hydrogen) atoms. The molecule has 1 fully saturated rings. The van der Waals surface area contributed by atoms with Crippen LogP contribution in [0, 0.1) is 6.92 Å². The Morgan fingerprint density at radius 3 is 2.85 bits per heavy atom. The first-order valence-electron chi connectivity index (χ1n) is 6.53. The van der Waals surface area contributed by atoms with Crippen LogP contribution in [0.4, 0.5) is 5.69 Å². The van der Waals surface area contributed by atoms with Gasteiger partial charge in [-0.2, -0.15) is 0 Å². The molecular formula is C13H19N3O3S. The molecule has 110 valence electrons. The number of anilines is 1. The van der Waals surface area contributed by atoms with E-state index in [2.05, 4.69) is 10.6 Å². The van der Waals surface area contributed by atoms with Crippen LogP contribution in [-0.2, 0) is 14.8 Å². The van der Waals surface area contributed by atoms with E-state index >= 15 is 0 Å². The van der Waals surface area contributed by atoms with Crippen LogP contribution in [0.25, 0.3) is 0 Å². The first-order chi connectivity index (χ1) is 9.38. The van der Waals surface area contributed by atoms with Gasteiger partial charge in [0.1, 0.15) is 0 Å². The van der Waals surface area contributed by atoms with Gasteiger partial charge in [-0.1, -0.05) is 6.07 Å². The maximum absolute atomic E-state index is 11.9. The SMILES string of the molecule is Cc1c(NC(=O)CC2CCCN2)cccc1S(N)(=O)=O. The summed E-state index contributed by atoms with van der Waals surface area (Å²) < 4.78 is 22.9. The lowest BCUT2D eigenvalue weighted by atomic mass is 10.1. The lowest BCUT2D eigenvalue weighted by Gasteiger charge is -2.13. The molecule has 0 spiro atoms. The predicted molar refractivity (Wildman–Crippen MR) is 76.8 cm³/mol. The Morgan fingerprint density at radius 2 is 2.25 bits per heavy atom. The lowest BCUT2D eigenvalue weighted by Crippen LogP contribution is -2.27. The first-order valence-corrected chi connectivity index (χ1v) is 8.08. The van der Waals surface area contributed by atoms with Crippen LogP contribution in [-0.4, -0.2) is 26.9 Å². The van der Waals surface area contributed by atoms with E-state index in [1.165, 1.54) is 6.07 Å². The average molecular weight is 297 g/mol. The number of benzene rings is 1. The zero-order valence-corrected chi connectivity index (χ0v) is 12.2. The monoisotopic (exact) mass is 297 g/mol. The van der Waals surface area contributed by atoms with E-state index in [4.69, 9.17) is 5.14 Å². The van der Waals surface area contributed by atoms with Crippen molar-refractivity contribution in [2.45, 2.75) is 37.1 Å². The summed E-state index contributed by atoms with van der Waals surface area (Å²) in [6.45, 7) is 2.57. The number of amides is 1. The van der Waals surface area contributed by atoms with Crippen molar-refractivity contribution in [2.24, 2.45) is 5.14 Å². The van der Waals surface area contributed by atoms with E-state index in [9.17, 15) is 13.2 Å². The van der Waals surface area contributed by atoms with Crippen molar-refractivity contribution in [3.05, 3.63) is 23.8 Å². The third-order valence-electron chi connectivity index (χ3n) is 3.46. The Hall–Kier alpha value is -1.44. The van der Waals surface area contributed by atoms with E-state index < -0.39 is 10.0 Å². The Balaban J connectivity index is 2.11. The summed E-state index contributed by atoms with van der Waals surface area (Å²) >= 11 is 0. The molecule has 1 atom stereocenters. The highest BCUT2D eigenvalue weighted by molar-refractivity contribution is 7.89. The fourth-order valence-electron chi connectivity index (χ4n) is 2.41. The van der Waals surface area contributed by atoms with Gasteiger partial charge in [-0.05, 0) is 44.0 Å². The zero-order chi connectivity index (χ0) is 14.8. The highest BCUT2D eigenvalue weighted by Crippen LogP contribution is 2.22. The molecule has 7 heteroatoms. The first kappa shape index (κ1) is 15.0. The molecular weight excluding hydrogens is 278 g/mol. The molecule has 0 aliphatic carbocycles. The summed E-state index contributed by atoms with van der Waals surface area (Å²) in [5.74, 6) is -0.126. The molecule has 1 heterocycles. The molecule has 1 amide bonds. The van der Waals surface area contributed by atoms with Crippen molar-refractivity contribution in [1.29, 1.82) is 0 Å². The van der Waals surface area contributed by atoms with Gasteiger partial charge in [0.15, 0.2) is 0 Å². The second-order valence-electron chi connectivity index (χ2n) is 5.02. The summed E-state index contributed by atoms with van der Waals surface area (Å²) in [6, 6.07) is 4.87. The molecule has 2 rings (SSSR count). The van der Waals surface area contributed by atoms with Crippen LogP contribution in [0.5, 0.6) is 0 Å². The van der Waals surface area contributed by atoms with Crippen LogP contribution in [0.15, 0.2) is 23.1 Å². The van der Waals surface area contributed by atoms with E-state index in [-0.39, 0.29) is 16.8 Å². The Morgan fingerprint density at radius 1 is 1.50 bits per heavy atom. The number of sulfonamides is 1. The van der Waals surface area contributed by atoms with Gasteiger partial charge < -0.3 is 10.6 Å². The molecule has 0 saturated carbocycles. The van der Waals surface area contributed by atoms with Crippen LogP contribution in [0.2, 0.25) is 0 Å². The third kappa shape index (κ3) is 3.56. The second-order valence-corrected chi connectivity index (χ2v) is 6.55. The van der Waals surface area contributed by atoms with Crippen molar-refractivity contribution in [2.75, 3.05) is 11.9 Å². The third-order valence-corrected chi connectivity index (χ3v) is 4.51. The maximum Gasteiger partial charge on any atom is 0.238 e. The van der Waals surface area contributed by atoms with Crippen molar-refractivity contribution in [1.82, 2.24) is 5.32 Å². The number of carbonyl (C=O) groups is 1. The largest absolute Gasteiger partial charge is 0.326 e. The fraction of sp³-hybridized carbons (Fsp3) is 0.462. The molecule has 0 bridgehead atoms. The second kappa shape index (κ2) is 5.90. The van der Waals surface area contributed by atoms with Gasteiger partial charge in [0, 0.05) is 18.2 Å². The molecule has 0 aromatic heterocycles. The number of nitrogens with two attached hydrogens (primary N) is 1. The smallest absolute Gasteiger partial charge is 0.238 e. The molecule has 1 saturated heterocycles. The highest BCUT2D eigenvalue weighted by Gasteiger charge is 2.19. The standard InChI is InChI=1S/C13H19N3O3S/c1-9-11(5-2-6-12(9)20(14,18)19)16-13(17)8-10-4-3-7-15-10/h2,5-6,10,15H,3-4,7-8H2,1H3,(H,16,17)(H2,14,18,19). The number of carbonyl (C=O) groups excluding carboxylic acids is 1. The fourth-order valence-corrected chi connectivity index (χ4v) is 3.22. The highest BCUT2D eigenvalue weighted by atomic mass is 32.2. The molecule has 1 aromatic carbocycles. The van der Waals surface area contributed by atoms with Crippen LogP contribution >= 0.6 is 0 Å². The average Bonchev–Trinajstić information content (AvgIpc) is 2.83. The molecule has 4 N–H and O–H groups in total. The van der Waals surface area contributed by atoms with Gasteiger partial charge >= 0.3 is 0 Å². The molecule has 6 nitrogen and oxygen atoms in total. The van der Waals surface area contributed by atoms with Crippen LogP contribution in [0.1, 0.15) is 24.8 Å². The molecule has 1 aromatic rings. The minimum atomic E-state index is -3.78. The Bertz CT molecular complexity index is 607. The summed E-state index contributed by atoms with van der Waals surface area (Å²) in [7, 11) is -3.78. The molecule has 1 aliphatic rings. The number of primary sulfonamides is 1. The van der Waals surface area contributed by atoms with E-state index in [1.54, 1.807) is 19.1 Å². The van der Waals surface area contributed by atoms with Gasteiger partial charge in [0.2, 0.25) is 15.9 Å². The summed E-state index contributed by atoms with van der Waals surface area (Å²) in [5.41, 5.74) is 0.947. The predicted octanol–water partition coefficient (Wildman–Crippen LogP) is 0.723. The van der Waals surface area contributed by atoms with Crippen molar-refractivity contribution in [3.8, 4) is 0 Å². The number of hydrogen-bond donors (Lipinski definition) is 3. The molecule has 0 radical (unpaired) electrons. The number of hydrogen-bond acceptors (Lipinski definition) is 4. The molecule has 1 aliphatic heterocycles. The van der Waals surface area contributed by atoms with Gasteiger partial charge in [0.05, 0.1) is 4.90 Å². The lowest BCUT2D eigenvalue weighted by molar-refractivity contribution is -0.116. The summed E-state index contributed by atoms with van der Waals surface area (Å²) in [4.78, 5) is 12.0. The van der Waals surface area contributed by atoms with Crippen molar-refractivity contribution < 1.29 is 13.2 Å². The minimum absolute atomic E-state index is 0.0364. The van der Waals surface area contributed by atoms with Gasteiger partial charge in [0.25, 0.3) is 0 Å². The van der Waals surface area contributed by atoms with Crippen LogP contribution in [0.3, 0.4) is 0 Å². The topological polar surface area (TPSA) is 101 Å². The van der Waals surface area contributed by atoms with E-state index in [0.717, 1.165) is 19.4 Å². The van der Waals surface area contributed by atoms with Crippen molar-refractivity contribution in [3.63, 3.8) is 0 Å². The quantitative estimate of drug-likeness (QED) is 0.762. The van der Waals surface area contributed by atoms with Gasteiger partial charge in [-0.15, -0.1) is 0 Å². The number of nitrogens with one attached hydrogen (secondary N) is 2. The minimum Gasteiger partial charge on any atom is -0.326 e. The molecule has 1 unspecified atom stereocenters. The van der Waals surface area contributed by atoms with E-state index in [0.29, 0.717) is 17.7 Å². The van der Waals surface area contributed by atoms with Gasteiger partial charge in [-0.25, -0.2) is 13.6 Å². The normalized spacial score (nSPS) is 19.0. The summed E-state index contributed by atoms with van der Waals surface area (Å²) in [6.07, 6.45) is 2.46. The summed E-state index contributed by atoms with van der Waals surface area (Å²) in [5, 5.41) is 11.1. The van der Waals surface area contributed by atoms with Crippen molar-refractivity contribution >= 4 is 21.6 Å². The Labute approximate surface area is 118 Å². The van der Waals surface area contributed by atoms with Gasteiger partial charge in [-0.3, -0.25) is 4.79 Å².